The standard InChI is InChI=1S/C9H9NOS/c1-2-9(11)10-6-5-8-4-3-7-12-8/h1,3-4,7H,5-6H2,(H,10,11). The summed E-state index contributed by atoms with van der Waals surface area (Å²) < 4.78 is 0. The van der Waals surface area contributed by atoms with Gasteiger partial charge in [0.15, 0.2) is 0 Å². The lowest BCUT2D eigenvalue weighted by molar-refractivity contribution is -0.115. The molecule has 0 aliphatic carbocycles. The first-order chi connectivity index (χ1) is 5.83. The number of rotatable bonds is 3. The van der Waals surface area contributed by atoms with E-state index in [1.54, 1.807) is 11.3 Å². The van der Waals surface area contributed by atoms with Crippen LogP contribution in [0.15, 0.2) is 17.5 Å². The predicted octanol–water partition coefficient (Wildman–Crippen LogP) is 1.04. The van der Waals surface area contributed by atoms with Crippen LogP contribution in [0.3, 0.4) is 0 Å². The second-order valence-corrected chi connectivity index (χ2v) is 3.26. The van der Waals surface area contributed by atoms with Gasteiger partial charge in [-0.3, -0.25) is 4.79 Å². The number of hydrogen-bond donors (Lipinski definition) is 1. The van der Waals surface area contributed by atoms with Crippen molar-refractivity contribution in [3.8, 4) is 12.3 Å². The van der Waals surface area contributed by atoms with E-state index in [9.17, 15) is 4.79 Å². The Morgan fingerprint density at radius 1 is 1.75 bits per heavy atom. The molecular weight excluding hydrogens is 170 g/mol. The molecule has 0 radical (unpaired) electrons. The van der Waals surface area contributed by atoms with Crippen LogP contribution in [0.5, 0.6) is 0 Å². The summed E-state index contributed by atoms with van der Waals surface area (Å²) >= 11 is 1.68. The lowest BCUT2D eigenvalue weighted by Crippen LogP contribution is -2.23. The number of amides is 1. The van der Waals surface area contributed by atoms with Crippen LogP contribution in [0, 0.1) is 12.3 Å². The lowest BCUT2D eigenvalue weighted by Gasteiger charge is -1.97. The Labute approximate surface area is 75.6 Å². The third-order valence-electron chi connectivity index (χ3n) is 1.37. The van der Waals surface area contributed by atoms with Gasteiger partial charge < -0.3 is 5.32 Å². The molecule has 0 fully saturated rings. The highest BCUT2D eigenvalue weighted by molar-refractivity contribution is 7.09. The predicted molar refractivity (Wildman–Crippen MR) is 49.9 cm³/mol. The van der Waals surface area contributed by atoms with Gasteiger partial charge in [0.2, 0.25) is 0 Å². The molecule has 0 unspecified atom stereocenters. The van der Waals surface area contributed by atoms with E-state index < -0.39 is 0 Å². The summed E-state index contributed by atoms with van der Waals surface area (Å²) in [6.45, 7) is 0.615. The molecule has 0 atom stereocenters. The molecule has 0 aromatic carbocycles. The average molecular weight is 179 g/mol. The molecule has 0 saturated heterocycles. The van der Waals surface area contributed by atoms with Crippen molar-refractivity contribution < 1.29 is 4.79 Å². The third-order valence-corrected chi connectivity index (χ3v) is 2.30. The van der Waals surface area contributed by atoms with E-state index in [0.29, 0.717) is 6.54 Å². The van der Waals surface area contributed by atoms with Crippen LogP contribution in [0.1, 0.15) is 4.88 Å². The van der Waals surface area contributed by atoms with Crippen molar-refractivity contribution in [2.75, 3.05) is 6.54 Å². The molecule has 62 valence electrons. The van der Waals surface area contributed by atoms with Gasteiger partial charge >= 0.3 is 0 Å². The average Bonchev–Trinajstić information content (AvgIpc) is 2.57. The van der Waals surface area contributed by atoms with Crippen LogP contribution >= 0.6 is 11.3 Å². The fourth-order valence-corrected chi connectivity index (χ4v) is 1.51. The molecular formula is C9H9NOS. The SMILES string of the molecule is C#CC(=O)NCCc1cccs1. The summed E-state index contributed by atoms with van der Waals surface area (Å²) in [6.07, 6.45) is 5.72. The van der Waals surface area contributed by atoms with Gasteiger partial charge in [-0.05, 0) is 23.8 Å². The monoisotopic (exact) mass is 179 g/mol. The Hall–Kier alpha value is -1.27. The van der Waals surface area contributed by atoms with Gasteiger partial charge in [0.05, 0.1) is 0 Å². The Kier molecular flexibility index (Phi) is 3.36. The molecule has 3 heteroatoms. The highest BCUT2D eigenvalue weighted by atomic mass is 32.1. The molecule has 0 spiro atoms. The summed E-state index contributed by atoms with van der Waals surface area (Å²) in [4.78, 5) is 11.9. The van der Waals surface area contributed by atoms with Crippen molar-refractivity contribution in [3.05, 3.63) is 22.4 Å². The van der Waals surface area contributed by atoms with Gasteiger partial charge in [-0.2, -0.15) is 0 Å². The fraction of sp³-hybridized carbons (Fsp3) is 0.222. The number of nitrogens with one attached hydrogen (secondary N) is 1. The number of carbonyl (C=O) groups excluding carboxylic acids is 1. The second kappa shape index (κ2) is 4.58. The van der Waals surface area contributed by atoms with E-state index in [-0.39, 0.29) is 5.91 Å². The van der Waals surface area contributed by atoms with Crippen molar-refractivity contribution in [1.29, 1.82) is 0 Å². The van der Waals surface area contributed by atoms with Crippen molar-refractivity contribution in [2.45, 2.75) is 6.42 Å². The minimum atomic E-state index is -0.341. The van der Waals surface area contributed by atoms with Crippen LogP contribution in [0.2, 0.25) is 0 Å². The fourth-order valence-electron chi connectivity index (χ4n) is 0.805. The largest absolute Gasteiger partial charge is 0.345 e. The van der Waals surface area contributed by atoms with E-state index in [1.807, 2.05) is 23.4 Å². The molecule has 1 N–H and O–H groups in total. The summed E-state index contributed by atoms with van der Waals surface area (Å²) in [5, 5.41) is 4.61. The van der Waals surface area contributed by atoms with Crippen molar-refractivity contribution in [3.63, 3.8) is 0 Å². The van der Waals surface area contributed by atoms with Crippen LogP contribution in [-0.2, 0) is 11.2 Å². The lowest BCUT2D eigenvalue weighted by atomic mass is 10.3. The normalized spacial score (nSPS) is 8.92. The summed E-state index contributed by atoms with van der Waals surface area (Å²) in [5.41, 5.74) is 0. The summed E-state index contributed by atoms with van der Waals surface area (Å²) in [5.74, 6) is 1.66. The number of terminal acetylenes is 1. The zero-order chi connectivity index (χ0) is 8.81. The molecule has 12 heavy (non-hydrogen) atoms. The smallest absolute Gasteiger partial charge is 0.295 e. The van der Waals surface area contributed by atoms with Crippen LogP contribution in [0.4, 0.5) is 0 Å². The second-order valence-electron chi connectivity index (χ2n) is 2.23. The maximum Gasteiger partial charge on any atom is 0.295 e. The van der Waals surface area contributed by atoms with Crippen molar-refractivity contribution in [2.24, 2.45) is 0 Å². The van der Waals surface area contributed by atoms with E-state index in [2.05, 4.69) is 5.32 Å². The van der Waals surface area contributed by atoms with E-state index >= 15 is 0 Å². The highest BCUT2D eigenvalue weighted by Gasteiger charge is 1.95. The highest BCUT2D eigenvalue weighted by Crippen LogP contribution is 2.07. The topological polar surface area (TPSA) is 29.1 Å². The van der Waals surface area contributed by atoms with Gasteiger partial charge in [-0.25, -0.2) is 0 Å². The quantitative estimate of drug-likeness (QED) is 0.690. The van der Waals surface area contributed by atoms with Gasteiger partial charge in [-0.15, -0.1) is 17.8 Å². The van der Waals surface area contributed by atoms with Crippen molar-refractivity contribution in [1.82, 2.24) is 5.32 Å². The summed E-state index contributed by atoms with van der Waals surface area (Å²) in [6, 6.07) is 4.02. The molecule has 2 nitrogen and oxygen atoms in total. The molecule has 1 aromatic rings. The van der Waals surface area contributed by atoms with Crippen LogP contribution in [-0.4, -0.2) is 12.5 Å². The van der Waals surface area contributed by atoms with Crippen LogP contribution < -0.4 is 5.32 Å². The molecule has 1 heterocycles. The molecule has 0 aliphatic rings. The molecule has 0 aliphatic heterocycles. The van der Waals surface area contributed by atoms with E-state index in [0.717, 1.165) is 6.42 Å². The van der Waals surface area contributed by atoms with Gasteiger partial charge in [0.1, 0.15) is 0 Å². The van der Waals surface area contributed by atoms with Crippen LogP contribution in [0.25, 0.3) is 0 Å². The first-order valence-corrected chi connectivity index (χ1v) is 4.47. The summed E-state index contributed by atoms with van der Waals surface area (Å²) in [7, 11) is 0. The molecule has 1 aromatic heterocycles. The zero-order valence-electron chi connectivity index (χ0n) is 6.54. The van der Waals surface area contributed by atoms with Gasteiger partial charge in [0, 0.05) is 11.4 Å². The Morgan fingerprint density at radius 3 is 3.17 bits per heavy atom. The maximum absolute atomic E-state index is 10.6. The molecule has 0 saturated carbocycles. The molecule has 1 rings (SSSR count). The third kappa shape index (κ3) is 2.77. The minimum Gasteiger partial charge on any atom is -0.345 e. The Bertz CT molecular complexity index is 284. The zero-order valence-corrected chi connectivity index (χ0v) is 7.36. The molecule has 1 amide bonds. The van der Waals surface area contributed by atoms with Gasteiger partial charge in [0.25, 0.3) is 5.91 Å². The van der Waals surface area contributed by atoms with E-state index in [4.69, 9.17) is 6.42 Å². The Morgan fingerprint density at radius 2 is 2.58 bits per heavy atom. The van der Waals surface area contributed by atoms with Crippen molar-refractivity contribution >= 4 is 17.2 Å². The first kappa shape index (κ1) is 8.82. The maximum atomic E-state index is 10.6. The molecule has 0 bridgehead atoms. The Balaban J connectivity index is 2.20. The van der Waals surface area contributed by atoms with E-state index in [1.165, 1.54) is 4.88 Å². The minimum absolute atomic E-state index is 0.341. The first-order valence-electron chi connectivity index (χ1n) is 3.60. The number of thiophene rings is 1. The number of hydrogen-bond acceptors (Lipinski definition) is 2. The number of carbonyl (C=O) groups is 1. The van der Waals surface area contributed by atoms with Gasteiger partial charge in [-0.1, -0.05) is 6.07 Å².